The highest BCUT2D eigenvalue weighted by atomic mass is 16.1. The summed E-state index contributed by atoms with van der Waals surface area (Å²) in [5, 5.41) is 0. The first-order valence-corrected chi connectivity index (χ1v) is 3.53. The second-order valence-corrected chi connectivity index (χ2v) is 3.27. The molecule has 0 aromatic carbocycles. The number of carbonyl (C=O) groups excluding carboxylic acids is 1. The van der Waals surface area contributed by atoms with Crippen LogP contribution >= 0.6 is 0 Å². The van der Waals surface area contributed by atoms with Crippen LogP contribution in [0.4, 0.5) is 0 Å². The van der Waals surface area contributed by atoms with Gasteiger partial charge >= 0.3 is 0 Å². The molecule has 1 rings (SSSR count). The molecule has 0 spiro atoms. The Morgan fingerprint density at radius 1 is 1.80 bits per heavy atom. The summed E-state index contributed by atoms with van der Waals surface area (Å²) in [6.45, 7) is 3.93. The average Bonchev–Trinajstić information content (AvgIpc) is 2.13. The van der Waals surface area contributed by atoms with E-state index in [1.165, 1.54) is 5.57 Å². The van der Waals surface area contributed by atoms with Crippen molar-refractivity contribution in [3.8, 4) is 0 Å². The van der Waals surface area contributed by atoms with Crippen LogP contribution in [0.3, 0.4) is 0 Å². The smallest absolute Gasteiger partial charge is 0.227 e. The van der Waals surface area contributed by atoms with Crippen molar-refractivity contribution in [2.24, 2.45) is 11.1 Å². The molecule has 1 amide bonds. The second-order valence-electron chi connectivity index (χ2n) is 3.27. The molecule has 0 radical (unpaired) electrons. The molecule has 0 aromatic heterocycles. The molecule has 0 heterocycles. The Kier molecular flexibility index (Phi) is 1.55. The number of nitrogens with two attached hydrogens (primary N) is 1. The van der Waals surface area contributed by atoms with Crippen molar-refractivity contribution in [3.05, 3.63) is 11.6 Å². The van der Waals surface area contributed by atoms with Gasteiger partial charge in [0, 0.05) is 0 Å². The number of rotatable bonds is 1. The van der Waals surface area contributed by atoms with Crippen LogP contribution in [0.2, 0.25) is 0 Å². The zero-order chi connectivity index (χ0) is 7.78. The summed E-state index contributed by atoms with van der Waals surface area (Å²) in [7, 11) is 0. The molecule has 1 aliphatic carbocycles. The summed E-state index contributed by atoms with van der Waals surface area (Å²) >= 11 is 0. The van der Waals surface area contributed by atoms with Gasteiger partial charge in [-0.25, -0.2) is 0 Å². The van der Waals surface area contributed by atoms with Crippen molar-refractivity contribution in [1.29, 1.82) is 0 Å². The Hall–Kier alpha value is -0.790. The first-order chi connectivity index (χ1) is 4.54. The monoisotopic (exact) mass is 139 g/mol. The molecule has 0 unspecified atom stereocenters. The van der Waals surface area contributed by atoms with E-state index in [0.717, 1.165) is 12.8 Å². The van der Waals surface area contributed by atoms with E-state index >= 15 is 0 Å². The van der Waals surface area contributed by atoms with Crippen LogP contribution in [0.25, 0.3) is 0 Å². The molecular formula is C8H13NO. The minimum atomic E-state index is -0.357. The third kappa shape index (κ3) is 1.06. The van der Waals surface area contributed by atoms with Crippen LogP contribution in [0, 0.1) is 5.41 Å². The summed E-state index contributed by atoms with van der Waals surface area (Å²) in [5.41, 5.74) is 6.13. The van der Waals surface area contributed by atoms with E-state index in [9.17, 15) is 4.79 Å². The standard InChI is InChI=1S/C8H13NO/c1-6-3-4-8(2,5-6)7(9)10/h5H,3-4H2,1-2H3,(H2,9,10)/t8-/m0/s1. The Bertz CT molecular complexity index is 195. The molecule has 2 N–H and O–H groups in total. The van der Waals surface area contributed by atoms with Gasteiger partial charge in [-0.05, 0) is 26.7 Å². The van der Waals surface area contributed by atoms with Gasteiger partial charge in [0.1, 0.15) is 0 Å². The van der Waals surface area contributed by atoms with Crippen LogP contribution in [0.15, 0.2) is 11.6 Å². The van der Waals surface area contributed by atoms with Crippen molar-refractivity contribution < 1.29 is 4.79 Å². The van der Waals surface area contributed by atoms with Gasteiger partial charge in [-0.1, -0.05) is 11.6 Å². The lowest BCUT2D eigenvalue weighted by atomic mass is 9.90. The minimum Gasteiger partial charge on any atom is -0.369 e. The zero-order valence-corrected chi connectivity index (χ0v) is 6.48. The van der Waals surface area contributed by atoms with Gasteiger partial charge in [-0.15, -0.1) is 0 Å². The lowest BCUT2D eigenvalue weighted by Crippen LogP contribution is -2.30. The molecule has 0 fully saturated rings. The van der Waals surface area contributed by atoms with Crippen molar-refractivity contribution in [2.75, 3.05) is 0 Å². The lowest BCUT2D eigenvalue weighted by Gasteiger charge is -2.15. The fourth-order valence-electron chi connectivity index (χ4n) is 1.34. The highest BCUT2D eigenvalue weighted by Crippen LogP contribution is 2.34. The molecule has 56 valence electrons. The van der Waals surface area contributed by atoms with Gasteiger partial charge in [0.2, 0.25) is 5.91 Å². The minimum absolute atomic E-state index is 0.204. The van der Waals surface area contributed by atoms with Gasteiger partial charge in [0.05, 0.1) is 5.41 Å². The zero-order valence-electron chi connectivity index (χ0n) is 6.48. The number of hydrogen-bond acceptors (Lipinski definition) is 1. The topological polar surface area (TPSA) is 43.1 Å². The molecule has 0 saturated carbocycles. The van der Waals surface area contributed by atoms with Crippen molar-refractivity contribution >= 4 is 5.91 Å². The number of carbonyl (C=O) groups is 1. The molecule has 10 heavy (non-hydrogen) atoms. The predicted octanol–water partition coefficient (Wildman–Crippen LogP) is 1.22. The van der Waals surface area contributed by atoms with Crippen LogP contribution < -0.4 is 5.73 Å². The van der Waals surface area contributed by atoms with Crippen LogP contribution in [0.1, 0.15) is 26.7 Å². The SMILES string of the molecule is CC1=C[C@@](C)(C(N)=O)CC1. The van der Waals surface area contributed by atoms with Crippen molar-refractivity contribution in [3.63, 3.8) is 0 Å². The third-order valence-corrected chi connectivity index (χ3v) is 2.17. The highest BCUT2D eigenvalue weighted by molar-refractivity contribution is 5.83. The summed E-state index contributed by atoms with van der Waals surface area (Å²) < 4.78 is 0. The fraction of sp³-hybridized carbons (Fsp3) is 0.625. The number of primary amides is 1. The molecule has 1 aliphatic rings. The molecule has 0 aromatic rings. The maximum Gasteiger partial charge on any atom is 0.227 e. The van der Waals surface area contributed by atoms with Gasteiger partial charge in [0.25, 0.3) is 0 Å². The van der Waals surface area contributed by atoms with Crippen LogP contribution in [0.5, 0.6) is 0 Å². The molecule has 0 bridgehead atoms. The number of hydrogen-bond donors (Lipinski definition) is 1. The first kappa shape index (κ1) is 7.32. The van der Waals surface area contributed by atoms with E-state index in [1.807, 2.05) is 19.9 Å². The average molecular weight is 139 g/mol. The molecule has 2 heteroatoms. The molecule has 2 nitrogen and oxygen atoms in total. The largest absolute Gasteiger partial charge is 0.369 e. The molecule has 0 aliphatic heterocycles. The van der Waals surface area contributed by atoms with E-state index in [4.69, 9.17) is 5.73 Å². The Morgan fingerprint density at radius 2 is 2.40 bits per heavy atom. The maximum atomic E-state index is 10.8. The second kappa shape index (κ2) is 2.11. The first-order valence-electron chi connectivity index (χ1n) is 3.53. The van der Waals surface area contributed by atoms with E-state index in [1.54, 1.807) is 0 Å². The predicted molar refractivity (Wildman–Crippen MR) is 40.3 cm³/mol. The summed E-state index contributed by atoms with van der Waals surface area (Å²) in [6, 6.07) is 0. The van der Waals surface area contributed by atoms with Gasteiger partial charge in [0.15, 0.2) is 0 Å². The van der Waals surface area contributed by atoms with Gasteiger partial charge in [-0.3, -0.25) is 4.79 Å². The van der Waals surface area contributed by atoms with Gasteiger partial charge in [-0.2, -0.15) is 0 Å². The van der Waals surface area contributed by atoms with Crippen molar-refractivity contribution in [2.45, 2.75) is 26.7 Å². The Balaban J connectivity index is 2.82. The van der Waals surface area contributed by atoms with E-state index in [0.29, 0.717) is 0 Å². The quantitative estimate of drug-likeness (QED) is 0.545. The van der Waals surface area contributed by atoms with Crippen LogP contribution in [-0.2, 0) is 4.79 Å². The van der Waals surface area contributed by atoms with E-state index in [-0.39, 0.29) is 11.3 Å². The van der Waals surface area contributed by atoms with E-state index < -0.39 is 0 Å². The van der Waals surface area contributed by atoms with Crippen LogP contribution in [-0.4, -0.2) is 5.91 Å². The molecule has 0 saturated heterocycles. The normalized spacial score (nSPS) is 32.0. The third-order valence-electron chi connectivity index (χ3n) is 2.17. The van der Waals surface area contributed by atoms with Crippen molar-refractivity contribution in [1.82, 2.24) is 0 Å². The van der Waals surface area contributed by atoms with E-state index in [2.05, 4.69) is 0 Å². The number of amides is 1. The maximum absolute atomic E-state index is 10.8. The number of allylic oxidation sites excluding steroid dienone is 1. The fourth-order valence-corrected chi connectivity index (χ4v) is 1.34. The summed E-state index contributed by atoms with van der Waals surface area (Å²) in [6.07, 6.45) is 3.88. The summed E-state index contributed by atoms with van der Waals surface area (Å²) in [4.78, 5) is 10.8. The van der Waals surface area contributed by atoms with Gasteiger partial charge < -0.3 is 5.73 Å². The Morgan fingerprint density at radius 3 is 2.60 bits per heavy atom. The lowest BCUT2D eigenvalue weighted by molar-refractivity contribution is -0.124. The molecule has 1 atom stereocenters. The molecular weight excluding hydrogens is 126 g/mol. The highest BCUT2D eigenvalue weighted by Gasteiger charge is 2.31. The summed E-state index contributed by atoms with van der Waals surface area (Å²) in [5.74, 6) is -0.204. The Labute approximate surface area is 61.1 Å².